The number of aromatic nitrogens is 4. The number of amides is 1. The molecule has 0 N–H and O–H groups in total. The van der Waals surface area contributed by atoms with Crippen molar-refractivity contribution >= 4 is 11.6 Å². The normalized spacial score (nSPS) is 13.5. The van der Waals surface area contributed by atoms with Crippen LogP contribution in [0.25, 0.3) is 11.3 Å². The Morgan fingerprint density at radius 3 is 2.85 bits per heavy atom. The summed E-state index contributed by atoms with van der Waals surface area (Å²) < 4.78 is 3.82. The molecule has 6 heteroatoms. The van der Waals surface area contributed by atoms with Crippen LogP contribution >= 0.6 is 0 Å². The first-order valence-corrected chi connectivity index (χ1v) is 8.63. The maximum Gasteiger partial charge on any atom is 0.254 e. The molecule has 0 saturated heterocycles. The van der Waals surface area contributed by atoms with Crippen molar-refractivity contribution < 1.29 is 4.79 Å². The van der Waals surface area contributed by atoms with Gasteiger partial charge in [-0.2, -0.15) is 5.10 Å². The molecule has 5 rings (SSSR count). The number of carbonyl (C=O) groups excluding carboxylic acids is 1. The number of rotatable bonds is 4. The van der Waals surface area contributed by atoms with Gasteiger partial charge < -0.3 is 9.30 Å². The van der Waals surface area contributed by atoms with Crippen molar-refractivity contribution in [2.75, 3.05) is 6.54 Å². The molecule has 128 valence electrons. The molecule has 0 aliphatic carbocycles. The summed E-state index contributed by atoms with van der Waals surface area (Å²) in [6, 6.07) is 13.6. The third-order valence-electron chi connectivity index (χ3n) is 4.82. The Kier molecular flexibility index (Phi) is 3.35. The highest BCUT2D eigenvalue weighted by Gasteiger charge is 2.29. The average molecular weight is 343 g/mol. The van der Waals surface area contributed by atoms with Gasteiger partial charge in [-0.25, -0.2) is 9.67 Å². The van der Waals surface area contributed by atoms with Crippen LogP contribution in [0, 0.1) is 0 Å². The Morgan fingerprint density at radius 1 is 1.04 bits per heavy atom. The molecule has 1 aromatic carbocycles. The molecule has 1 amide bonds. The number of benzene rings is 1. The number of carbonyl (C=O) groups is 1. The first-order valence-electron chi connectivity index (χ1n) is 8.63. The van der Waals surface area contributed by atoms with Gasteiger partial charge in [0.2, 0.25) is 0 Å². The number of hydrogen-bond donors (Lipinski definition) is 0. The van der Waals surface area contributed by atoms with E-state index in [0.29, 0.717) is 13.1 Å². The summed E-state index contributed by atoms with van der Waals surface area (Å²) >= 11 is 0. The van der Waals surface area contributed by atoms with E-state index in [-0.39, 0.29) is 5.91 Å². The second-order valence-corrected chi connectivity index (χ2v) is 6.43. The molecule has 0 saturated carbocycles. The fraction of sp³-hybridized carbons (Fsp3) is 0.150. The molecule has 0 fully saturated rings. The molecule has 4 heterocycles. The second kappa shape index (κ2) is 5.84. The zero-order chi connectivity index (χ0) is 17.5. The summed E-state index contributed by atoms with van der Waals surface area (Å²) in [7, 11) is 0. The van der Waals surface area contributed by atoms with Crippen LogP contribution in [0.4, 0.5) is 0 Å². The molecule has 26 heavy (non-hydrogen) atoms. The van der Waals surface area contributed by atoms with Crippen LogP contribution in [0.2, 0.25) is 0 Å². The monoisotopic (exact) mass is 343 g/mol. The van der Waals surface area contributed by atoms with E-state index < -0.39 is 0 Å². The standard InChI is InChI=1S/C20H17N5O/c26-20-16-5-3-6-18(25-11-4-9-21-25)17(16)14-24(20)12-8-15-13-23-10-2-1-7-19(23)22-15/h1-7,9-11,13H,8,12,14H2. The van der Waals surface area contributed by atoms with Crippen LogP contribution in [-0.2, 0) is 13.0 Å². The van der Waals surface area contributed by atoms with Crippen molar-refractivity contribution in [2.24, 2.45) is 0 Å². The molecule has 0 bridgehead atoms. The van der Waals surface area contributed by atoms with E-state index in [0.717, 1.165) is 34.6 Å². The molecule has 6 nitrogen and oxygen atoms in total. The number of pyridine rings is 1. The van der Waals surface area contributed by atoms with Gasteiger partial charge in [-0.05, 0) is 30.3 Å². The van der Waals surface area contributed by atoms with Crippen LogP contribution in [0.1, 0.15) is 21.6 Å². The van der Waals surface area contributed by atoms with E-state index in [4.69, 9.17) is 0 Å². The Balaban J connectivity index is 1.38. The molecule has 3 aromatic heterocycles. The largest absolute Gasteiger partial charge is 0.334 e. The predicted octanol–water partition coefficient (Wildman–Crippen LogP) is 2.72. The van der Waals surface area contributed by atoms with E-state index in [1.807, 2.05) is 75.0 Å². The summed E-state index contributed by atoms with van der Waals surface area (Å²) in [6.07, 6.45) is 8.40. The zero-order valence-corrected chi connectivity index (χ0v) is 14.1. The Labute approximate surface area is 150 Å². The molecule has 4 aromatic rings. The minimum atomic E-state index is 0.0813. The number of fused-ring (bicyclic) bond motifs is 2. The van der Waals surface area contributed by atoms with E-state index >= 15 is 0 Å². The van der Waals surface area contributed by atoms with Gasteiger partial charge in [-0.1, -0.05) is 12.1 Å². The lowest BCUT2D eigenvalue weighted by molar-refractivity contribution is 0.0780. The highest BCUT2D eigenvalue weighted by atomic mass is 16.2. The van der Waals surface area contributed by atoms with Gasteiger partial charge in [-0.3, -0.25) is 4.79 Å². The van der Waals surface area contributed by atoms with Crippen molar-refractivity contribution in [2.45, 2.75) is 13.0 Å². The lowest BCUT2D eigenvalue weighted by Gasteiger charge is -2.14. The van der Waals surface area contributed by atoms with Crippen LogP contribution < -0.4 is 0 Å². The van der Waals surface area contributed by atoms with Gasteiger partial charge in [0, 0.05) is 55.4 Å². The van der Waals surface area contributed by atoms with Crippen LogP contribution in [0.5, 0.6) is 0 Å². The van der Waals surface area contributed by atoms with Crippen molar-refractivity contribution in [1.82, 2.24) is 24.1 Å². The van der Waals surface area contributed by atoms with Gasteiger partial charge in [0.25, 0.3) is 5.91 Å². The predicted molar refractivity (Wildman–Crippen MR) is 97.2 cm³/mol. The van der Waals surface area contributed by atoms with Gasteiger partial charge >= 0.3 is 0 Å². The van der Waals surface area contributed by atoms with E-state index in [9.17, 15) is 4.79 Å². The highest BCUT2D eigenvalue weighted by Crippen LogP contribution is 2.28. The molecular weight excluding hydrogens is 326 g/mol. The van der Waals surface area contributed by atoms with Crippen molar-refractivity contribution in [3.63, 3.8) is 0 Å². The summed E-state index contributed by atoms with van der Waals surface area (Å²) in [4.78, 5) is 19.3. The fourth-order valence-corrected chi connectivity index (χ4v) is 3.54. The van der Waals surface area contributed by atoms with Crippen LogP contribution in [0.3, 0.4) is 0 Å². The van der Waals surface area contributed by atoms with E-state index in [1.165, 1.54) is 0 Å². The molecule has 0 atom stereocenters. The van der Waals surface area contributed by atoms with Crippen LogP contribution in [0.15, 0.2) is 67.3 Å². The second-order valence-electron chi connectivity index (χ2n) is 6.43. The maximum atomic E-state index is 12.8. The molecule has 1 aliphatic heterocycles. The summed E-state index contributed by atoms with van der Waals surface area (Å²) in [5.41, 5.74) is 4.70. The van der Waals surface area contributed by atoms with Crippen molar-refractivity contribution in [3.8, 4) is 5.69 Å². The minimum absolute atomic E-state index is 0.0813. The summed E-state index contributed by atoms with van der Waals surface area (Å²) in [5.74, 6) is 0.0813. The Hall–Kier alpha value is -3.41. The third kappa shape index (κ3) is 2.38. The lowest BCUT2D eigenvalue weighted by atomic mass is 10.1. The highest BCUT2D eigenvalue weighted by molar-refractivity contribution is 5.99. The summed E-state index contributed by atoms with van der Waals surface area (Å²) in [6.45, 7) is 1.26. The van der Waals surface area contributed by atoms with E-state index in [1.54, 1.807) is 6.20 Å². The first-order chi connectivity index (χ1) is 12.8. The van der Waals surface area contributed by atoms with Crippen molar-refractivity contribution in [1.29, 1.82) is 0 Å². The lowest BCUT2D eigenvalue weighted by Crippen LogP contribution is -2.26. The zero-order valence-electron chi connectivity index (χ0n) is 14.1. The van der Waals surface area contributed by atoms with Gasteiger partial charge in [0.1, 0.15) is 5.65 Å². The molecule has 1 aliphatic rings. The van der Waals surface area contributed by atoms with Gasteiger partial charge in [0.15, 0.2) is 0 Å². The van der Waals surface area contributed by atoms with Crippen molar-refractivity contribution in [3.05, 3.63) is 84.1 Å². The average Bonchev–Trinajstić information content (AvgIpc) is 3.39. The topological polar surface area (TPSA) is 55.4 Å². The number of imidazole rings is 1. The quantitative estimate of drug-likeness (QED) is 0.572. The van der Waals surface area contributed by atoms with E-state index in [2.05, 4.69) is 10.1 Å². The Bertz CT molecular complexity index is 1060. The smallest absolute Gasteiger partial charge is 0.254 e. The van der Waals surface area contributed by atoms with Crippen LogP contribution in [-0.4, -0.2) is 36.5 Å². The first kappa shape index (κ1) is 14.9. The maximum absolute atomic E-state index is 12.8. The molecular formula is C20H17N5O. The van der Waals surface area contributed by atoms with Gasteiger partial charge in [-0.15, -0.1) is 0 Å². The van der Waals surface area contributed by atoms with Gasteiger partial charge in [0.05, 0.1) is 11.4 Å². The summed E-state index contributed by atoms with van der Waals surface area (Å²) in [5, 5.41) is 4.31. The minimum Gasteiger partial charge on any atom is -0.334 e. The third-order valence-corrected chi connectivity index (χ3v) is 4.82. The Morgan fingerprint density at radius 2 is 2.00 bits per heavy atom. The molecule has 0 unspecified atom stereocenters. The SMILES string of the molecule is O=C1c2cccc(-n3cccn3)c2CN1CCc1cn2ccccc2n1. The fourth-order valence-electron chi connectivity index (χ4n) is 3.54. The molecule has 0 radical (unpaired) electrons. The number of nitrogens with zero attached hydrogens (tertiary/aromatic N) is 5. The molecule has 0 spiro atoms. The number of hydrogen-bond acceptors (Lipinski definition) is 3.